The second-order valence-electron chi connectivity index (χ2n) is 3.75. The lowest BCUT2D eigenvalue weighted by atomic mass is 10.2. The van der Waals surface area contributed by atoms with Gasteiger partial charge >= 0.3 is 0 Å². The number of nitrogen functional groups attached to an aromatic ring is 1. The molecular weight excluding hydrogens is 190 g/mol. The van der Waals surface area contributed by atoms with E-state index in [2.05, 4.69) is 19.9 Å². The monoisotopic (exact) mass is 201 g/mol. The Hall–Kier alpha value is -1.91. The standard InChI is InChI=1S/C10H11N5/c11-8-5-7(6-1-2-6)14-10(15-8)9-12-3-4-13-9/h3-6H,1-2H2,(H,12,13)(H2,11,14,15). The number of nitrogens with two attached hydrogens (primary N) is 1. The van der Waals surface area contributed by atoms with Crippen molar-refractivity contribution in [2.45, 2.75) is 18.8 Å². The summed E-state index contributed by atoms with van der Waals surface area (Å²) in [5.41, 5.74) is 6.77. The van der Waals surface area contributed by atoms with Crippen LogP contribution in [0.5, 0.6) is 0 Å². The molecule has 0 aromatic carbocycles. The van der Waals surface area contributed by atoms with Gasteiger partial charge in [0.15, 0.2) is 11.6 Å². The molecule has 0 radical (unpaired) electrons. The molecule has 76 valence electrons. The fraction of sp³-hybridized carbons (Fsp3) is 0.300. The first-order valence-corrected chi connectivity index (χ1v) is 4.97. The summed E-state index contributed by atoms with van der Waals surface area (Å²) in [6.45, 7) is 0. The maximum absolute atomic E-state index is 5.74. The molecule has 2 aromatic rings. The molecule has 0 atom stereocenters. The number of hydrogen-bond donors (Lipinski definition) is 2. The van der Waals surface area contributed by atoms with E-state index >= 15 is 0 Å². The minimum Gasteiger partial charge on any atom is -0.384 e. The number of H-pyrrole nitrogens is 1. The van der Waals surface area contributed by atoms with Crippen molar-refractivity contribution in [3.8, 4) is 11.6 Å². The van der Waals surface area contributed by atoms with Gasteiger partial charge in [-0.25, -0.2) is 15.0 Å². The van der Waals surface area contributed by atoms with Crippen molar-refractivity contribution in [2.24, 2.45) is 0 Å². The van der Waals surface area contributed by atoms with Crippen LogP contribution >= 0.6 is 0 Å². The van der Waals surface area contributed by atoms with Gasteiger partial charge in [-0.1, -0.05) is 0 Å². The van der Waals surface area contributed by atoms with E-state index in [9.17, 15) is 0 Å². The molecule has 0 amide bonds. The minimum atomic E-state index is 0.512. The van der Waals surface area contributed by atoms with Crippen LogP contribution in [0.4, 0.5) is 5.82 Å². The molecule has 1 fully saturated rings. The van der Waals surface area contributed by atoms with Gasteiger partial charge in [0.25, 0.3) is 0 Å². The molecule has 0 saturated heterocycles. The molecule has 2 aromatic heterocycles. The molecule has 0 bridgehead atoms. The summed E-state index contributed by atoms with van der Waals surface area (Å²) in [5.74, 6) is 2.34. The summed E-state index contributed by atoms with van der Waals surface area (Å²) in [6, 6.07) is 1.85. The number of aromatic amines is 1. The highest BCUT2D eigenvalue weighted by molar-refractivity contribution is 5.48. The quantitative estimate of drug-likeness (QED) is 0.768. The smallest absolute Gasteiger partial charge is 0.197 e. The van der Waals surface area contributed by atoms with E-state index in [1.165, 1.54) is 12.8 Å². The van der Waals surface area contributed by atoms with Crippen molar-refractivity contribution >= 4 is 5.82 Å². The van der Waals surface area contributed by atoms with Gasteiger partial charge in [0.05, 0.1) is 0 Å². The molecule has 5 heteroatoms. The number of nitrogens with zero attached hydrogens (tertiary/aromatic N) is 3. The summed E-state index contributed by atoms with van der Waals surface area (Å²) < 4.78 is 0. The van der Waals surface area contributed by atoms with Gasteiger partial charge in [0.2, 0.25) is 0 Å². The second-order valence-corrected chi connectivity index (χ2v) is 3.75. The predicted octanol–water partition coefficient (Wildman–Crippen LogP) is 1.33. The molecular formula is C10H11N5. The molecule has 0 spiro atoms. The maximum atomic E-state index is 5.74. The van der Waals surface area contributed by atoms with E-state index in [4.69, 9.17) is 5.73 Å². The zero-order valence-corrected chi connectivity index (χ0v) is 8.14. The highest BCUT2D eigenvalue weighted by Gasteiger charge is 2.26. The highest BCUT2D eigenvalue weighted by Crippen LogP contribution is 2.39. The predicted molar refractivity (Wildman–Crippen MR) is 56.0 cm³/mol. The number of hydrogen-bond acceptors (Lipinski definition) is 4. The zero-order valence-electron chi connectivity index (χ0n) is 8.14. The molecule has 0 aliphatic heterocycles. The fourth-order valence-corrected chi connectivity index (χ4v) is 1.57. The molecule has 15 heavy (non-hydrogen) atoms. The first-order valence-electron chi connectivity index (χ1n) is 4.97. The molecule has 2 heterocycles. The average molecular weight is 201 g/mol. The van der Waals surface area contributed by atoms with E-state index in [0.717, 1.165) is 5.69 Å². The van der Waals surface area contributed by atoms with E-state index < -0.39 is 0 Å². The maximum Gasteiger partial charge on any atom is 0.197 e. The Morgan fingerprint density at radius 3 is 2.87 bits per heavy atom. The van der Waals surface area contributed by atoms with Crippen molar-refractivity contribution in [2.75, 3.05) is 5.73 Å². The van der Waals surface area contributed by atoms with Crippen LogP contribution in [0.1, 0.15) is 24.5 Å². The first-order chi connectivity index (χ1) is 7.33. The Bertz CT molecular complexity index is 473. The van der Waals surface area contributed by atoms with Gasteiger partial charge in [-0.15, -0.1) is 0 Å². The summed E-state index contributed by atoms with van der Waals surface area (Å²) in [7, 11) is 0. The van der Waals surface area contributed by atoms with Crippen LogP contribution < -0.4 is 5.73 Å². The second kappa shape index (κ2) is 3.05. The van der Waals surface area contributed by atoms with Crippen molar-refractivity contribution in [3.05, 3.63) is 24.2 Å². The lowest BCUT2D eigenvalue weighted by molar-refractivity contribution is 0.987. The molecule has 3 N–H and O–H groups in total. The van der Waals surface area contributed by atoms with Crippen molar-refractivity contribution in [3.63, 3.8) is 0 Å². The summed E-state index contributed by atoms with van der Waals surface area (Å²) in [6.07, 6.45) is 5.83. The van der Waals surface area contributed by atoms with Crippen LogP contribution in [0.3, 0.4) is 0 Å². The third-order valence-corrected chi connectivity index (χ3v) is 2.47. The van der Waals surface area contributed by atoms with Crippen molar-refractivity contribution < 1.29 is 0 Å². The molecule has 3 rings (SSSR count). The van der Waals surface area contributed by atoms with Gasteiger partial charge in [-0.3, -0.25) is 0 Å². The third-order valence-electron chi connectivity index (χ3n) is 2.47. The zero-order chi connectivity index (χ0) is 10.3. The molecule has 1 aliphatic rings. The Kier molecular flexibility index (Phi) is 1.71. The van der Waals surface area contributed by atoms with Crippen molar-refractivity contribution in [1.29, 1.82) is 0 Å². The summed E-state index contributed by atoms with van der Waals surface area (Å²) >= 11 is 0. The molecule has 5 nitrogen and oxygen atoms in total. The number of nitrogens with one attached hydrogen (secondary N) is 1. The first kappa shape index (κ1) is 8.40. The molecule has 0 unspecified atom stereocenters. The van der Waals surface area contributed by atoms with E-state index in [1.807, 2.05) is 6.07 Å². The third kappa shape index (κ3) is 1.56. The Morgan fingerprint density at radius 2 is 2.20 bits per heavy atom. The van der Waals surface area contributed by atoms with Crippen molar-refractivity contribution in [1.82, 2.24) is 19.9 Å². The van der Waals surface area contributed by atoms with Crippen LogP contribution in [0.15, 0.2) is 18.5 Å². The minimum absolute atomic E-state index is 0.512. The normalized spacial score (nSPS) is 15.5. The van der Waals surface area contributed by atoms with E-state index in [0.29, 0.717) is 23.4 Å². The van der Waals surface area contributed by atoms with Gasteiger partial charge < -0.3 is 10.7 Å². The molecule has 1 aliphatic carbocycles. The van der Waals surface area contributed by atoms with E-state index in [1.54, 1.807) is 12.4 Å². The Labute approximate surface area is 86.8 Å². The van der Waals surface area contributed by atoms with Crippen LogP contribution in [-0.2, 0) is 0 Å². The fourth-order valence-electron chi connectivity index (χ4n) is 1.57. The van der Waals surface area contributed by atoms with Gasteiger partial charge in [-0.05, 0) is 12.8 Å². The van der Waals surface area contributed by atoms with Gasteiger partial charge in [0.1, 0.15) is 5.82 Å². The topological polar surface area (TPSA) is 80.5 Å². The van der Waals surface area contributed by atoms with Gasteiger partial charge in [0, 0.05) is 30.1 Å². The van der Waals surface area contributed by atoms with Crippen LogP contribution in [0, 0.1) is 0 Å². The average Bonchev–Trinajstić information content (AvgIpc) is 2.93. The van der Waals surface area contributed by atoms with Crippen LogP contribution in [0.25, 0.3) is 11.6 Å². The summed E-state index contributed by atoms with van der Waals surface area (Å²) in [4.78, 5) is 15.7. The summed E-state index contributed by atoms with van der Waals surface area (Å²) in [5, 5.41) is 0. The van der Waals surface area contributed by atoms with Crippen LogP contribution in [-0.4, -0.2) is 19.9 Å². The largest absolute Gasteiger partial charge is 0.384 e. The lowest BCUT2D eigenvalue weighted by Gasteiger charge is -2.02. The Morgan fingerprint density at radius 1 is 1.33 bits per heavy atom. The number of aromatic nitrogens is 4. The SMILES string of the molecule is Nc1cc(C2CC2)nc(-c2ncc[nH]2)n1. The molecule has 1 saturated carbocycles. The van der Waals surface area contributed by atoms with Gasteiger partial charge in [-0.2, -0.15) is 0 Å². The Balaban J connectivity index is 2.07. The number of imidazole rings is 1. The highest BCUT2D eigenvalue weighted by atomic mass is 15.0. The number of anilines is 1. The lowest BCUT2D eigenvalue weighted by Crippen LogP contribution is -2.00. The number of rotatable bonds is 2. The van der Waals surface area contributed by atoms with E-state index in [-0.39, 0.29) is 0 Å². The van der Waals surface area contributed by atoms with Crippen LogP contribution in [0.2, 0.25) is 0 Å².